The lowest BCUT2D eigenvalue weighted by atomic mass is 10.1. The van der Waals surface area contributed by atoms with Gasteiger partial charge in [0.2, 0.25) is 0 Å². The summed E-state index contributed by atoms with van der Waals surface area (Å²) in [6.07, 6.45) is 3.45. The smallest absolute Gasteiger partial charge is 0.0588 e. The third-order valence-corrected chi connectivity index (χ3v) is 2.11. The molecule has 0 bridgehead atoms. The van der Waals surface area contributed by atoms with Gasteiger partial charge in [-0.1, -0.05) is 30.3 Å². The Morgan fingerprint density at radius 1 is 1.00 bits per heavy atom. The molecule has 0 atom stereocenters. The maximum absolute atomic E-state index is 5.31. The Balaban J connectivity index is 1.99. The quantitative estimate of drug-likeness (QED) is 0.672. The number of hydrogen-bond acceptors (Lipinski definition) is 2. The second kappa shape index (κ2) is 7.54. The Bertz CT molecular complexity index is 223. The van der Waals surface area contributed by atoms with Crippen molar-refractivity contribution in [3.8, 4) is 0 Å². The third kappa shape index (κ3) is 5.00. The molecule has 0 spiro atoms. The third-order valence-electron chi connectivity index (χ3n) is 2.11. The molecule has 0 heterocycles. The van der Waals surface area contributed by atoms with Gasteiger partial charge in [0.15, 0.2) is 0 Å². The van der Waals surface area contributed by atoms with E-state index in [2.05, 4.69) is 24.3 Å². The van der Waals surface area contributed by atoms with Crippen molar-refractivity contribution in [3.05, 3.63) is 35.9 Å². The lowest BCUT2D eigenvalue weighted by Crippen LogP contribution is -2.09. The van der Waals surface area contributed by atoms with E-state index < -0.39 is 0 Å². The van der Waals surface area contributed by atoms with Crippen LogP contribution in [0.1, 0.15) is 18.4 Å². The van der Waals surface area contributed by atoms with Crippen LogP contribution in [0.4, 0.5) is 0 Å². The van der Waals surface area contributed by atoms with Gasteiger partial charge >= 0.3 is 0 Å². The van der Waals surface area contributed by atoms with Crippen LogP contribution in [0.5, 0.6) is 0 Å². The second-order valence-corrected chi connectivity index (χ2v) is 3.34. The maximum Gasteiger partial charge on any atom is 0.0588 e. The van der Waals surface area contributed by atoms with Gasteiger partial charge in [0.05, 0.1) is 6.61 Å². The molecule has 2 N–H and O–H groups in total. The summed E-state index contributed by atoms with van der Waals surface area (Å²) in [5.41, 5.74) is 6.72. The molecule has 14 heavy (non-hydrogen) atoms. The van der Waals surface area contributed by atoms with Crippen molar-refractivity contribution in [1.29, 1.82) is 0 Å². The van der Waals surface area contributed by atoms with Crippen molar-refractivity contribution in [3.63, 3.8) is 0 Å². The number of rotatable bonds is 7. The summed E-state index contributed by atoms with van der Waals surface area (Å²) in [5.74, 6) is 0. The molecular weight excluding hydrogens is 174 g/mol. The molecule has 0 aromatic heterocycles. The van der Waals surface area contributed by atoms with E-state index in [0.717, 1.165) is 19.4 Å². The highest BCUT2D eigenvalue weighted by molar-refractivity contribution is 5.14. The minimum Gasteiger partial charge on any atom is -0.380 e. The zero-order chi connectivity index (χ0) is 10.1. The predicted octanol–water partition coefficient (Wildman–Crippen LogP) is 1.98. The van der Waals surface area contributed by atoms with Crippen LogP contribution in [0.15, 0.2) is 30.3 Å². The van der Waals surface area contributed by atoms with Crippen molar-refractivity contribution < 1.29 is 4.74 Å². The number of unbranched alkanes of at least 4 members (excludes halogenated alkanes) is 1. The number of ether oxygens (including phenoxy) is 1. The molecule has 0 unspecified atom stereocenters. The minimum atomic E-state index is 0.624. The number of nitrogens with two attached hydrogens (primary N) is 1. The molecule has 1 aromatic carbocycles. The van der Waals surface area contributed by atoms with E-state index in [9.17, 15) is 0 Å². The Kier molecular flexibility index (Phi) is 6.04. The summed E-state index contributed by atoms with van der Waals surface area (Å²) >= 11 is 0. The van der Waals surface area contributed by atoms with Gasteiger partial charge in [-0.2, -0.15) is 0 Å². The van der Waals surface area contributed by atoms with E-state index in [0.29, 0.717) is 13.2 Å². The predicted molar refractivity (Wildman–Crippen MR) is 59.3 cm³/mol. The maximum atomic E-state index is 5.31. The fourth-order valence-electron chi connectivity index (χ4n) is 1.36. The molecule has 0 amide bonds. The average molecular weight is 193 g/mol. The lowest BCUT2D eigenvalue weighted by Gasteiger charge is -2.02. The molecule has 1 aromatic rings. The molecular formula is C12H19NO. The van der Waals surface area contributed by atoms with Gasteiger partial charge in [-0.15, -0.1) is 0 Å². The number of hydrogen-bond donors (Lipinski definition) is 1. The largest absolute Gasteiger partial charge is 0.380 e. The molecule has 0 aliphatic heterocycles. The standard InChI is InChI=1S/C12H19NO/c13-9-11-14-10-5-4-8-12-6-2-1-3-7-12/h1-3,6-7H,4-5,8-11,13H2. The van der Waals surface area contributed by atoms with E-state index in [1.807, 2.05) is 6.07 Å². The van der Waals surface area contributed by atoms with E-state index >= 15 is 0 Å². The topological polar surface area (TPSA) is 35.2 Å². The van der Waals surface area contributed by atoms with E-state index in [1.54, 1.807) is 0 Å². The normalized spacial score (nSPS) is 10.4. The van der Waals surface area contributed by atoms with Gasteiger partial charge in [-0.05, 0) is 24.8 Å². The molecule has 0 radical (unpaired) electrons. The van der Waals surface area contributed by atoms with Crippen LogP contribution in [-0.2, 0) is 11.2 Å². The Hall–Kier alpha value is -0.860. The first kappa shape index (κ1) is 11.2. The first-order chi connectivity index (χ1) is 6.93. The van der Waals surface area contributed by atoms with E-state index in [1.165, 1.54) is 12.0 Å². The highest BCUT2D eigenvalue weighted by atomic mass is 16.5. The molecule has 0 aliphatic carbocycles. The summed E-state index contributed by atoms with van der Waals surface area (Å²) < 4.78 is 5.30. The SMILES string of the molecule is NCCOCCCCc1ccccc1. The highest BCUT2D eigenvalue weighted by Crippen LogP contribution is 2.04. The van der Waals surface area contributed by atoms with Crippen molar-refractivity contribution >= 4 is 0 Å². The van der Waals surface area contributed by atoms with Gasteiger partial charge < -0.3 is 10.5 Å². The number of aryl methyl sites for hydroxylation is 1. The Morgan fingerprint density at radius 2 is 1.79 bits per heavy atom. The second-order valence-electron chi connectivity index (χ2n) is 3.34. The van der Waals surface area contributed by atoms with Crippen LogP contribution in [0, 0.1) is 0 Å². The average Bonchev–Trinajstić information content (AvgIpc) is 2.25. The highest BCUT2D eigenvalue weighted by Gasteiger charge is 1.92. The lowest BCUT2D eigenvalue weighted by molar-refractivity contribution is 0.137. The van der Waals surface area contributed by atoms with Gasteiger partial charge in [-0.3, -0.25) is 0 Å². The van der Waals surface area contributed by atoms with Gasteiger partial charge in [0, 0.05) is 13.2 Å². The zero-order valence-electron chi connectivity index (χ0n) is 8.61. The molecule has 0 aliphatic rings. The molecule has 0 saturated carbocycles. The molecule has 0 saturated heterocycles. The van der Waals surface area contributed by atoms with Crippen LogP contribution >= 0.6 is 0 Å². The van der Waals surface area contributed by atoms with Gasteiger partial charge in [-0.25, -0.2) is 0 Å². The Labute approximate surface area is 86.1 Å². The van der Waals surface area contributed by atoms with Crippen molar-refractivity contribution in [2.24, 2.45) is 5.73 Å². The van der Waals surface area contributed by atoms with Gasteiger partial charge in [0.1, 0.15) is 0 Å². The fraction of sp³-hybridized carbons (Fsp3) is 0.500. The van der Waals surface area contributed by atoms with Crippen LogP contribution < -0.4 is 5.73 Å². The summed E-state index contributed by atoms with van der Waals surface area (Å²) in [7, 11) is 0. The van der Waals surface area contributed by atoms with Crippen LogP contribution in [0.3, 0.4) is 0 Å². The summed E-state index contributed by atoms with van der Waals surface area (Å²) in [6.45, 7) is 2.15. The summed E-state index contributed by atoms with van der Waals surface area (Å²) in [5, 5.41) is 0. The van der Waals surface area contributed by atoms with Crippen molar-refractivity contribution in [2.75, 3.05) is 19.8 Å². The molecule has 78 valence electrons. The monoisotopic (exact) mass is 193 g/mol. The van der Waals surface area contributed by atoms with E-state index in [-0.39, 0.29) is 0 Å². The van der Waals surface area contributed by atoms with Gasteiger partial charge in [0.25, 0.3) is 0 Å². The summed E-state index contributed by atoms with van der Waals surface area (Å²) in [4.78, 5) is 0. The molecule has 2 nitrogen and oxygen atoms in total. The van der Waals surface area contributed by atoms with Crippen molar-refractivity contribution in [2.45, 2.75) is 19.3 Å². The van der Waals surface area contributed by atoms with Crippen LogP contribution in [0.2, 0.25) is 0 Å². The molecule has 1 rings (SSSR count). The van der Waals surface area contributed by atoms with E-state index in [4.69, 9.17) is 10.5 Å². The fourth-order valence-corrected chi connectivity index (χ4v) is 1.36. The Morgan fingerprint density at radius 3 is 2.50 bits per heavy atom. The van der Waals surface area contributed by atoms with Crippen molar-refractivity contribution in [1.82, 2.24) is 0 Å². The minimum absolute atomic E-state index is 0.624. The zero-order valence-corrected chi connectivity index (χ0v) is 8.61. The molecule has 2 heteroatoms. The molecule has 0 fully saturated rings. The number of benzene rings is 1. The first-order valence-electron chi connectivity index (χ1n) is 5.25. The summed E-state index contributed by atoms with van der Waals surface area (Å²) in [6, 6.07) is 10.6. The van der Waals surface area contributed by atoms with Crippen LogP contribution in [0.25, 0.3) is 0 Å². The first-order valence-corrected chi connectivity index (χ1v) is 5.25. The van der Waals surface area contributed by atoms with Crippen LogP contribution in [-0.4, -0.2) is 19.8 Å².